The van der Waals surface area contributed by atoms with E-state index in [1.54, 1.807) is 31.2 Å². The molecule has 4 amide bonds. The van der Waals surface area contributed by atoms with Crippen molar-refractivity contribution in [2.75, 3.05) is 39.5 Å². The molecule has 0 radical (unpaired) electrons. The molecule has 0 spiro atoms. The average Bonchev–Trinajstić information content (AvgIpc) is 3.75. The van der Waals surface area contributed by atoms with Crippen LogP contribution in [0.2, 0.25) is 0 Å². The van der Waals surface area contributed by atoms with Gasteiger partial charge in [0, 0.05) is 25.6 Å². The first-order valence-corrected chi connectivity index (χ1v) is 25.1. The molecule has 7 rings (SSSR count). The molecule has 4 N–H and O–H groups in total. The van der Waals surface area contributed by atoms with E-state index in [1.165, 1.54) is 6.92 Å². The zero-order valence-electron chi connectivity index (χ0n) is 42.2. The number of fused-ring (bicyclic) bond motifs is 3. The Morgan fingerprint density at radius 2 is 1.11 bits per heavy atom. The Hall–Kier alpha value is -7.64. The fourth-order valence-corrected chi connectivity index (χ4v) is 8.70. The van der Waals surface area contributed by atoms with Crippen molar-refractivity contribution in [1.82, 2.24) is 21.3 Å². The van der Waals surface area contributed by atoms with E-state index in [4.69, 9.17) is 37.9 Å². The summed E-state index contributed by atoms with van der Waals surface area (Å²) >= 11 is 0. The Morgan fingerprint density at radius 3 is 1.73 bits per heavy atom. The molecule has 396 valence electrons. The molecule has 0 aromatic heterocycles. The standard InChI is InChI=1S/C57H64N4O14/c1-4-29-69-51-50(75-49(63)32-58-53(64)37(3)60-56(66)72-34-40-23-13-8-14-24-40)47(74-55(68-5-2)52(51)71-33-39-21-11-7-12-22-39)36-70-48(62)31-59-54(65)46(30-38-19-9-6-10-20-38)61-57(67)73-35-45-43-27-17-15-25-41(43)42-26-16-18-28-44(42)45/h6-28,37,45-47,50-52,55H,4-5,29-36H2,1-3H3,(H,58,64)(H,59,65)(H,60,66)(H,61,67)/t37-,46-,47+,50+,51-,52+,55?/m0/s1. The van der Waals surface area contributed by atoms with Crippen molar-refractivity contribution < 1.29 is 66.7 Å². The number of ether oxygens (including phenoxy) is 8. The lowest BCUT2D eigenvalue weighted by molar-refractivity contribution is -0.319. The maximum Gasteiger partial charge on any atom is 0.408 e. The second kappa shape index (κ2) is 28.1. The number of esters is 2. The topological polar surface area (TPSA) is 224 Å². The van der Waals surface area contributed by atoms with E-state index < -0.39 is 98.4 Å². The lowest BCUT2D eigenvalue weighted by Crippen LogP contribution is -2.62. The SMILES string of the molecule is CCCO[C@H]1[C@H](OC(=O)CNC(=O)[C@H](C)NC(=O)OCc2ccccc2)[C@@H](COC(=O)CNC(=O)[C@H](Cc2ccccc2)NC(=O)OCC2c3ccccc3-c3ccccc32)OC(OCC)[C@@H]1OCc1ccccc1. The van der Waals surface area contributed by atoms with Crippen LogP contribution in [0, 0.1) is 0 Å². The number of nitrogens with one attached hydrogen (secondary N) is 4. The molecule has 5 aromatic rings. The molecular formula is C57H64N4O14. The molecule has 1 unspecified atom stereocenters. The van der Waals surface area contributed by atoms with Crippen LogP contribution in [0.4, 0.5) is 9.59 Å². The fraction of sp³-hybridized carbons (Fsp3) is 0.368. The van der Waals surface area contributed by atoms with Gasteiger partial charge in [-0.25, -0.2) is 9.59 Å². The number of carbonyl (C=O) groups is 6. The predicted molar refractivity (Wildman–Crippen MR) is 274 cm³/mol. The summed E-state index contributed by atoms with van der Waals surface area (Å²) in [5.41, 5.74) is 6.54. The highest BCUT2D eigenvalue weighted by Crippen LogP contribution is 2.44. The molecule has 75 heavy (non-hydrogen) atoms. The van der Waals surface area contributed by atoms with Gasteiger partial charge in [-0.15, -0.1) is 0 Å². The van der Waals surface area contributed by atoms with Gasteiger partial charge in [0.15, 0.2) is 12.4 Å². The van der Waals surface area contributed by atoms with Crippen LogP contribution < -0.4 is 21.3 Å². The Balaban J connectivity index is 0.990. The lowest BCUT2D eigenvalue weighted by Gasteiger charge is -2.45. The highest BCUT2D eigenvalue weighted by Gasteiger charge is 2.50. The normalized spacial score (nSPS) is 18.5. The van der Waals surface area contributed by atoms with Crippen molar-refractivity contribution in [3.8, 4) is 11.1 Å². The first-order valence-electron chi connectivity index (χ1n) is 25.1. The Morgan fingerprint density at radius 1 is 0.547 bits per heavy atom. The smallest absolute Gasteiger partial charge is 0.408 e. The molecule has 1 aliphatic carbocycles. The van der Waals surface area contributed by atoms with Crippen molar-refractivity contribution in [2.45, 2.75) is 95.5 Å². The molecule has 1 aliphatic heterocycles. The van der Waals surface area contributed by atoms with Gasteiger partial charge in [-0.3, -0.25) is 19.2 Å². The van der Waals surface area contributed by atoms with E-state index in [9.17, 15) is 28.8 Å². The van der Waals surface area contributed by atoms with E-state index in [2.05, 4.69) is 21.3 Å². The molecule has 1 heterocycles. The third kappa shape index (κ3) is 15.9. The maximum absolute atomic E-state index is 13.8. The van der Waals surface area contributed by atoms with Gasteiger partial charge in [-0.1, -0.05) is 146 Å². The Labute approximate surface area is 436 Å². The van der Waals surface area contributed by atoms with Crippen LogP contribution in [0.25, 0.3) is 11.1 Å². The molecule has 1 fully saturated rings. The summed E-state index contributed by atoms with van der Waals surface area (Å²) in [6, 6.07) is 41.1. The first kappa shape index (κ1) is 55.1. The van der Waals surface area contributed by atoms with E-state index in [0.717, 1.165) is 38.9 Å². The van der Waals surface area contributed by atoms with Crippen molar-refractivity contribution in [1.29, 1.82) is 0 Å². The molecular weight excluding hydrogens is 965 g/mol. The molecule has 5 aromatic carbocycles. The van der Waals surface area contributed by atoms with Crippen molar-refractivity contribution >= 4 is 35.9 Å². The van der Waals surface area contributed by atoms with Gasteiger partial charge in [0.25, 0.3) is 0 Å². The van der Waals surface area contributed by atoms with Gasteiger partial charge in [-0.05, 0) is 59.2 Å². The Kier molecular flexibility index (Phi) is 20.7. The van der Waals surface area contributed by atoms with Crippen LogP contribution in [0.15, 0.2) is 140 Å². The number of rotatable bonds is 25. The zero-order valence-corrected chi connectivity index (χ0v) is 42.2. The van der Waals surface area contributed by atoms with Gasteiger partial charge < -0.3 is 59.2 Å². The number of hydrogen-bond acceptors (Lipinski definition) is 14. The molecule has 2 aliphatic rings. The summed E-state index contributed by atoms with van der Waals surface area (Å²) in [6.45, 7) is 3.86. The van der Waals surface area contributed by atoms with Crippen molar-refractivity contribution in [2.24, 2.45) is 0 Å². The lowest BCUT2D eigenvalue weighted by atomic mass is 9.98. The van der Waals surface area contributed by atoms with Crippen LogP contribution in [0.3, 0.4) is 0 Å². The minimum Gasteiger partial charge on any atom is -0.461 e. The number of benzene rings is 5. The van der Waals surface area contributed by atoms with Gasteiger partial charge in [0.1, 0.15) is 63.3 Å². The summed E-state index contributed by atoms with van der Waals surface area (Å²) in [7, 11) is 0. The third-order valence-corrected chi connectivity index (χ3v) is 12.4. The van der Waals surface area contributed by atoms with E-state index in [0.29, 0.717) is 6.42 Å². The first-order chi connectivity index (χ1) is 36.5. The zero-order chi connectivity index (χ0) is 52.9. The summed E-state index contributed by atoms with van der Waals surface area (Å²) in [5.74, 6) is -3.37. The van der Waals surface area contributed by atoms with Gasteiger partial charge >= 0.3 is 24.1 Å². The van der Waals surface area contributed by atoms with Crippen molar-refractivity contribution in [3.05, 3.63) is 167 Å². The molecule has 18 heteroatoms. The quantitative estimate of drug-likeness (QED) is 0.0373. The highest BCUT2D eigenvalue weighted by molar-refractivity contribution is 5.89. The Bertz CT molecular complexity index is 2610. The summed E-state index contributed by atoms with van der Waals surface area (Å²) in [4.78, 5) is 79.9. The number of hydrogen-bond donors (Lipinski definition) is 4. The number of carbonyl (C=O) groups excluding carboxylic acids is 6. The second-order valence-corrected chi connectivity index (χ2v) is 17.8. The van der Waals surface area contributed by atoms with Gasteiger partial charge in [-0.2, -0.15) is 0 Å². The highest BCUT2D eigenvalue weighted by atomic mass is 16.7. The van der Waals surface area contributed by atoms with E-state index >= 15 is 0 Å². The molecule has 18 nitrogen and oxygen atoms in total. The largest absolute Gasteiger partial charge is 0.461 e. The van der Waals surface area contributed by atoms with Gasteiger partial charge in [0.05, 0.1) is 6.61 Å². The maximum atomic E-state index is 13.8. The summed E-state index contributed by atoms with van der Waals surface area (Å²) in [5, 5.41) is 10.2. The second-order valence-electron chi connectivity index (χ2n) is 17.8. The molecule has 0 saturated carbocycles. The molecule has 1 saturated heterocycles. The average molecular weight is 1030 g/mol. The van der Waals surface area contributed by atoms with Crippen LogP contribution in [0.1, 0.15) is 60.9 Å². The molecule has 0 bridgehead atoms. The number of amides is 4. The monoisotopic (exact) mass is 1030 g/mol. The fourth-order valence-electron chi connectivity index (χ4n) is 8.70. The summed E-state index contributed by atoms with van der Waals surface area (Å²) in [6.07, 6.45) is -6.59. The minimum atomic E-state index is -1.29. The predicted octanol–water partition coefficient (Wildman–Crippen LogP) is 6.28. The third-order valence-electron chi connectivity index (χ3n) is 12.4. The van der Waals surface area contributed by atoms with Crippen LogP contribution in [-0.4, -0.2) is 118 Å². The van der Waals surface area contributed by atoms with Crippen LogP contribution in [-0.2, 0) is 76.7 Å². The van der Waals surface area contributed by atoms with E-state index in [-0.39, 0.29) is 45.4 Å². The van der Waals surface area contributed by atoms with Crippen LogP contribution >= 0.6 is 0 Å². The molecule has 7 atom stereocenters. The van der Waals surface area contributed by atoms with Crippen molar-refractivity contribution in [3.63, 3.8) is 0 Å². The number of alkyl carbamates (subject to hydrolysis) is 2. The van der Waals surface area contributed by atoms with E-state index in [1.807, 2.05) is 122 Å². The van der Waals surface area contributed by atoms with Crippen LogP contribution in [0.5, 0.6) is 0 Å². The minimum absolute atomic E-state index is 0.0121. The van der Waals surface area contributed by atoms with Gasteiger partial charge in [0.2, 0.25) is 11.8 Å². The summed E-state index contributed by atoms with van der Waals surface area (Å²) < 4.78 is 47.8.